The van der Waals surface area contributed by atoms with Crippen molar-refractivity contribution in [2.45, 2.75) is 27.2 Å². The van der Waals surface area contributed by atoms with Gasteiger partial charge in [0.25, 0.3) is 0 Å². The van der Waals surface area contributed by atoms with E-state index in [1.54, 1.807) is 13.3 Å². The molecule has 0 rings (SSSR count). The molecule has 0 bridgehead atoms. The number of nitrogens with zero attached hydrogens (tertiary/aromatic N) is 1. The van der Waals surface area contributed by atoms with Gasteiger partial charge in [-0.05, 0) is 26.3 Å². The van der Waals surface area contributed by atoms with E-state index < -0.39 is 0 Å². The highest BCUT2D eigenvalue weighted by molar-refractivity contribution is 5.71. The summed E-state index contributed by atoms with van der Waals surface area (Å²) in [5.74, 6) is 0. The van der Waals surface area contributed by atoms with E-state index in [2.05, 4.69) is 17.2 Å². The van der Waals surface area contributed by atoms with Gasteiger partial charge in [-0.1, -0.05) is 13.0 Å². The van der Waals surface area contributed by atoms with E-state index in [0.29, 0.717) is 0 Å². The van der Waals surface area contributed by atoms with Crippen molar-refractivity contribution in [3.63, 3.8) is 0 Å². The average Bonchev–Trinajstić information content (AvgIpc) is 2.11. The molecule has 0 atom stereocenters. The van der Waals surface area contributed by atoms with Crippen molar-refractivity contribution in [1.82, 2.24) is 5.32 Å². The number of hydrogen-bond acceptors (Lipinski definition) is 2. The first-order valence-electron chi connectivity index (χ1n) is 4.25. The smallest absolute Gasteiger partial charge is 0.0277 e. The Morgan fingerprint density at radius 3 is 2.58 bits per heavy atom. The zero-order valence-corrected chi connectivity index (χ0v) is 8.39. The van der Waals surface area contributed by atoms with E-state index in [1.165, 1.54) is 11.4 Å². The number of aliphatic imine (C=N–C) groups is 1. The maximum atomic E-state index is 3.90. The summed E-state index contributed by atoms with van der Waals surface area (Å²) >= 11 is 0. The maximum Gasteiger partial charge on any atom is 0.0277 e. The van der Waals surface area contributed by atoms with Crippen molar-refractivity contribution in [1.29, 1.82) is 0 Å². The van der Waals surface area contributed by atoms with Crippen molar-refractivity contribution in [2.24, 2.45) is 4.99 Å². The van der Waals surface area contributed by atoms with Crippen LogP contribution in [0.1, 0.15) is 27.2 Å². The summed E-state index contributed by atoms with van der Waals surface area (Å²) in [7, 11) is 1.77. The molecule has 0 aromatic rings. The van der Waals surface area contributed by atoms with Crippen LogP contribution < -0.4 is 5.32 Å². The molecule has 0 fully saturated rings. The van der Waals surface area contributed by atoms with Crippen LogP contribution in [0.2, 0.25) is 0 Å². The van der Waals surface area contributed by atoms with Crippen LogP contribution in [0.3, 0.4) is 0 Å². The Bertz CT molecular complexity index is 200. The number of nitrogens with one attached hydrogen (secondary N) is 1. The second-order valence-corrected chi connectivity index (χ2v) is 2.55. The highest BCUT2D eigenvalue weighted by atomic mass is 14.9. The third-order valence-corrected chi connectivity index (χ3v) is 1.60. The first kappa shape index (κ1) is 11.0. The molecule has 0 spiro atoms. The lowest BCUT2D eigenvalue weighted by atomic mass is 10.3. The molecule has 0 amide bonds. The molecular formula is C10H18N2. The zero-order chi connectivity index (χ0) is 9.40. The van der Waals surface area contributed by atoms with Crippen LogP contribution in [0.5, 0.6) is 0 Å². The zero-order valence-electron chi connectivity index (χ0n) is 8.39. The van der Waals surface area contributed by atoms with Gasteiger partial charge < -0.3 is 5.32 Å². The Morgan fingerprint density at radius 2 is 2.17 bits per heavy atom. The van der Waals surface area contributed by atoms with Gasteiger partial charge in [-0.15, -0.1) is 0 Å². The van der Waals surface area contributed by atoms with Crippen LogP contribution in [0.25, 0.3) is 0 Å². The fourth-order valence-electron chi connectivity index (χ4n) is 0.738. The van der Waals surface area contributed by atoms with Gasteiger partial charge in [0.2, 0.25) is 0 Å². The summed E-state index contributed by atoms with van der Waals surface area (Å²) in [4.78, 5) is 3.90. The minimum atomic E-state index is 0.997. The standard InChI is InChI=1S/C10H18N2/c1-5-9(3)12-10(6-2)7-8-11-4/h5,7-8,12H,6H2,1-4H3/b9-5-,10-7?,11-8?. The molecule has 0 aliphatic rings. The molecule has 0 aromatic carbocycles. The molecule has 0 saturated heterocycles. The number of rotatable bonds is 4. The SMILES string of the molecule is C/C=C(/C)NC(=CC=NC)CC. The number of hydrogen-bond donors (Lipinski definition) is 1. The maximum absolute atomic E-state index is 3.90. The molecule has 12 heavy (non-hydrogen) atoms. The van der Waals surface area contributed by atoms with Gasteiger partial charge in [-0.3, -0.25) is 4.99 Å². The van der Waals surface area contributed by atoms with Gasteiger partial charge in [0.15, 0.2) is 0 Å². The molecule has 0 aliphatic heterocycles. The highest BCUT2D eigenvalue weighted by Crippen LogP contribution is 1.98. The lowest BCUT2D eigenvalue weighted by Gasteiger charge is -2.07. The van der Waals surface area contributed by atoms with Crippen molar-refractivity contribution in [3.05, 3.63) is 23.5 Å². The molecule has 2 nitrogen and oxygen atoms in total. The van der Waals surface area contributed by atoms with E-state index >= 15 is 0 Å². The average molecular weight is 166 g/mol. The summed E-state index contributed by atoms with van der Waals surface area (Å²) in [6.45, 7) is 6.18. The largest absolute Gasteiger partial charge is 0.363 e. The fourth-order valence-corrected chi connectivity index (χ4v) is 0.738. The Kier molecular flexibility index (Phi) is 6.07. The van der Waals surface area contributed by atoms with Crippen LogP contribution in [0.15, 0.2) is 28.5 Å². The first-order valence-corrected chi connectivity index (χ1v) is 4.25. The van der Waals surface area contributed by atoms with Crippen LogP contribution >= 0.6 is 0 Å². The van der Waals surface area contributed by atoms with E-state index in [1.807, 2.05) is 26.0 Å². The molecule has 0 heterocycles. The van der Waals surface area contributed by atoms with Gasteiger partial charge in [-0.2, -0.15) is 0 Å². The van der Waals surface area contributed by atoms with Crippen molar-refractivity contribution in [3.8, 4) is 0 Å². The van der Waals surface area contributed by atoms with Crippen LogP contribution in [-0.4, -0.2) is 13.3 Å². The molecule has 0 radical (unpaired) electrons. The first-order chi connectivity index (χ1) is 5.74. The normalized spacial score (nSPS) is 14.0. The van der Waals surface area contributed by atoms with Gasteiger partial charge in [0.1, 0.15) is 0 Å². The Morgan fingerprint density at radius 1 is 1.50 bits per heavy atom. The van der Waals surface area contributed by atoms with E-state index in [-0.39, 0.29) is 0 Å². The third-order valence-electron chi connectivity index (χ3n) is 1.60. The molecule has 0 aromatic heterocycles. The third kappa shape index (κ3) is 4.72. The molecule has 2 heteroatoms. The predicted molar refractivity (Wildman–Crippen MR) is 55.4 cm³/mol. The molecule has 0 aliphatic carbocycles. The quantitative estimate of drug-likeness (QED) is 0.637. The summed E-state index contributed by atoms with van der Waals surface area (Å²) < 4.78 is 0. The highest BCUT2D eigenvalue weighted by Gasteiger charge is 1.90. The number of allylic oxidation sites excluding steroid dienone is 4. The van der Waals surface area contributed by atoms with Gasteiger partial charge in [0, 0.05) is 24.7 Å². The van der Waals surface area contributed by atoms with Crippen molar-refractivity contribution in [2.75, 3.05) is 7.05 Å². The fraction of sp³-hybridized carbons (Fsp3) is 0.500. The van der Waals surface area contributed by atoms with Crippen molar-refractivity contribution >= 4 is 6.21 Å². The predicted octanol–water partition coefficient (Wildman–Crippen LogP) is 2.49. The molecule has 0 unspecified atom stereocenters. The topological polar surface area (TPSA) is 24.4 Å². The van der Waals surface area contributed by atoms with Crippen LogP contribution in [-0.2, 0) is 0 Å². The lowest BCUT2D eigenvalue weighted by molar-refractivity contribution is 0.891. The van der Waals surface area contributed by atoms with Crippen molar-refractivity contribution < 1.29 is 0 Å². The molecule has 1 N–H and O–H groups in total. The Hall–Kier alpha value is -1.05. The van der Waals surface area contributed by atoms with Gasteiger partial charge in [-0.25, -0.2) is 0 Å². The minimum Gasteiger partial charge on any atom is -0.363 e. The Labute approximate surface area is 75.1 Å². The molecule has 0 saturated carbocycles. The Balaban J connectivity index is 4.17. The molecular weight excluding hydrogens is 148 g/mol. The summed E-state index contributed by atoms with van der Waals surface area (Å²) in [6, 6.07) is 0. The van der Waals surface area contributed by atoms with Gasteiger partial charge >= 0.3 is 0 Å². The second kappa shape index (κ2) is 6.65. The second-order valence-electron chi connectivity index (χ2n) is 2.55. The van der Waals surface area contributed by atoms with E-state index in [0.717, 1.165) is 6.42 Å². The van der Waals surface area contributed by atoms with Crippen LogP contribution in [0.4, 0.5) is 0 Å². The summed E-state index contributed by atoms with van der Waals surface area (Å²) in [5.41, 5.74) is 2.36. The lowest BCUT2D eigenvalue weighted by Crippen LogP contribution is -2.09. The van der Waals surface area contributed by atoms with Crippen LogP contribution in [0, 0.1) is 0 Å². The minimum absolute atomic E-state index is 0.997. The van der Waals surface area contributed by atoms with E-state index in [9.17, 15) is 0 Å². The summed E-state index contributed by atoms with van der Waals surface area (Å²) in [6.07, 6.45) is 6.84. The molecule has 68 valence electrons. The van der Waals surface area contributed by atoms with E-state index in [4.69, 9.17) is 0 Å². The van der Waals surface area contributed by atoms with Gasteiger partial charge in [0.05, 0.1) is 0 Å². The monoisotopic (exact) mass is 166 g/mol. The summed E-state index contributed by atoms with van der Waals surface area (Å²) in [5, 5.41) is 3.28.